The molecule has 0 saturated heterocycles. The molecule has 1 rings (SSSR count). The molecule has 0 bridgehead atoms. The standard InChI is InChI=1S/C12H16N2O5/c1-2-4-11(13)12(15)19-10-6-3-5-9(7-10)8-18-14(16)17/h3,5-7,11H,2,4,8,13H2,1H3. The summed E-state index contributed by atoms with van der Waals surface area (Å²) < 4.78 is 5.09. The minimum Gasteiger partial charge on any atom is -0.425 e. The summed E-state index contributed by atoms with van der Waals surface area (Å²) in [5, 5.41) is 9.20. The summed E-state index contributed by atoms with van der Waals surface area (Å²) in [6.07, 6.45) is 1.33. The number of nitrogens with two attached hydrogens (primary N) is 1. The predicted octanol–water partition coefficient (Wildman–Crippen LogP) is 1.43. The van der Waals surface area contributed by atoms with E-state index in [1.54, 1.807) is 18.2 Å². The van der Waals surface area contributed by atoms with Crippen LogP contribution < -0.4 is 10.5 Å². The second-order valence-corrected chi connectivity index (χ2v) is 3.96. The summed E-state index contributed by atoms with van der Waals surface area (Å²) in [6, 6.07) is 5.66. The minimum absolute atomic E-state index is 0.195. The Morgan fingerprint density at radius 3 is 2.89 bits per heavy atom. The van der Waals surface area contributed by atoms with Crippen molar-refractivity contribution in [3.05, 3.63) is 39.9 Å². The van der Waals surface area contributed by atoms with Crippen LogP contribution in [0.25, 0.3) is 0 Å². The number of carbonyl (C=O) groups excluding carboxylic acids is 1. The van der Waals surface area contributed by atoms with Gasteiger partial charge >= 0.3 is 5.97 Å². The molecule has 0 fully saturated rings. The molecule has 0 aromatic heterocycles. The van der Waals surface area contributed by atoms with Crippen LogP contribution in [-0.4, -0.2) is 17.1 Å². The second-order valence-electron chi connectivity index (χ2n) is 3.96. The van der Waals surface area contributed by atoms with Crippen molar-refractivity contribution in [1.29, 1.82) is 0 Å². The molecular formula is C12H16N2O5. The van der Waals surface area contributed by atoms with Crippen molar-refractivity contribution in [3.63, 3.8) is 0 Å². The van der Waals surface area contributed by atoms with Crippen LogP contribution in [-0.2, 0) is 16.2 Å². The molecule has 1 unspecified atom stereocenters. The van der Waals surface area contributed by atoms with Crippen LogP contribution in [0.15, 0.2) is 24.3 Å². The van der Waals surface area contributed by atoms with Gasteiger partial charge in [0.25, 0.3) is 5.09 Å². The summed E-state index contributed by atoms with van der Waals surface area (Å²) in [5.41, 5.74) is 6.16. The lowest BCUT2D eigenvalue weighted by Gasteiger charge is -2.10. The smallest absolute Gasteiger partial charge is 0.328 e. The molecule has 0 aliphatic carbocycles. The first-order chi connectivity index (χ1) is 9.02. The molecule has 2 N–H and O–H groups in total. The highest BCUT2D eigenvalue weighted by molar-refractivity contribution is 5.77. The first kappa shape index (κ1) is 14.9. The van der Waals surface area contributed by atoms with Crippen molar-refractivity contribution >= 4 is 5.97 Å². The van der Waals surface area contributed by atoms with Gasteiger partial charge in [-0.15, -0.1) is 10.1 Å². The van der Waals surface area contributed by atoms with Crippen molar-refractivity contribution in [1.82, 2.24) is 0 Å². The van der Waals surface area contributed by atoms with Crippen molar-refractivity contribution in [2.45, 2.75) is 32.4 Å². The average molecular weight is 268 g/mol. The van der Waals surface area contributed by atoms with Crippen molar-refractivity contribution < 1.29 is 19.5 Å². The highest BCUT2D eigenvalue weighted by Crippen LogP contribution is 2.15. The van der Waals surface area contributed by atoms with Crippen molar-refractivity contribution in [2.24, 2.45) is 5.73 Å². The molecule has 104 valence electrons. The first-order valence-corrected chi connectivity index (χ1v) is 5.86. The molecule has 1 aromatic carbocycles. The van der Waals surface area contributed by atoms with E-state index in [0.29, 0.717) is 17.7 Å². The van der Waals surface area contributed by atoms with Gasteiger partial charge in [-0.05, 0) is 24.1 Å². The maximum Gasteiger partial charge on any atom is 0.328 e. The number of ether oxygens (including phenoxy) is 1. The van der Waals surface area contributed by atoms with Gasteiger partial charge in [-0.3, -0.25) is 0 Å². The largest absolute Gasteiger partial charge is 0.425 e. The van der Waals surface area contributed by atoms with Gasteiger partial charge in [-0.2, -0.15) is 0 Å². The third-order valence-corrected chi connectivity index (χ3v) is 2.36. The molecule has 1 atom stereocenters. The van der Waals surface area contributed by atoms with E-state index in [2.05, 4.69) is 4.84 Å². The number of benzene rings is 1. The quantitative estimate of drug-likeness (QED) is 0.347. The topological polar surface area (TPSA) is 105 Å². The van der Waals surface area contributed by atoms with Gasteiger partial charge in [0.2, 0.25) is 0 Å². The normalized spacial score (nSPS) is 11.7. The molecular weight excluding hydrogens is 252 g/mol. The van der Waals surface area contributed by atoms with Crippen LogP contribution in [0.3, 0.4) is 0 Å². The third-order valence-electron chi connectivity index (χ3n) is 2.36. The number of hydrogen-bond donors (Lipinski definition) is 1. The molecule has 1 aromatic rings. The Morgan fingerprint density at radius 1 is 1.53 bits per heavy atom. The van der Waals surface area contributed by atoms with E-state index in [0.717, 1.165) is 6.42 Å². The first-order valence-electron chi connectivity index (χ1n) is 5.86. The summed E-state index contributed by atoms with van der Waals surface area (Å²) in [5.74, 6) is -0.227. The van der Waals surface area contributed by atoms with Crippen LogP contribution in [0.2, 0.25) is 0 Å². The minimum atomic E-state index is -0.879. The summed E-state index contributed by atoms with van der Waals surface area (Å²) in [4.78, 5) is 25.9. The molecule has 0 amide bonds. The molecule has 0 saturated carbocycles. The second kappa shape index (κ2) is 7.32. The molecule has 0 radical (unpaired) electrons. The van der Waals surface area contributed by atoms with E-state index >= 15 is 0 Å². The zero-order chi connectivity index (χ0) is 14.3. The van der Waals surface area contributed by atoms with Gasteiger partial charge in [0.1, 0.15) is 18.4 Å². The van der Waals surface area contributed by atoms with E-state index < -0.39 is 17.1 Å². The number of nitrogens with zero attached hydrogens (tertiary/aromatic N) is 1. The van der Waals surface area contributed by atoms with Crippen LogP contribution >= 0.6 is 0 Å². The highest BCUT2D eigenvalue weighted by Gasteiger charge is 2.14. The summed E-state index contributed by atoms with van der Waals surface area (Å²) in [7, 11) is 0. The van der Waals surface area contributed by atoms with Gasteiger partial charge in [-0.25, -0.2) is 4.79 Å². The monoisotopic (exact) mass is 268 g/mol. The summed E-state index contributed by atoms with van der Waals surface area (Å²) in [6.45, 7) is 1.72. The molecule has 0 heterocycles. The number of esters is 1. The third kappa shape index (κ3) is 5.35. The maximum atomic E-state index is 11.6. The van der Waals surface area contributed by atoms with E-state index in [4.69, 9.17) is 10.5 Å². The Bertz CT molecular complexity index is 450. The Balaban J connectivity index is 2.61. The lowest BCUT2D eigenvalue weighted by atomic mass is 10.2. The van der Waals surface area contributed by atoms with Crippen molar-refractivity contribution in [3.8, 4) is 5.75 Å². The zero-order valence-corrected chi connectivity index (χ0v) is 10.6. The average Bonchev–Trinajstić information content (AvgIpc) is 2.37. The Morgan fingerprint density at radius 2 is 2.26 bits per heavy atom. The zero-order valence-electron chi connectivity index (χ0n) is 10.6. The number of hydrogen-bond acceptors (Lipinski definition) is 6. The molecule has 7 heteroatoms. The predicted molar refractivity (Wildman–Crippen MR) is 66.7 cm³/mol. The van der Waals surface area contributed by atoms with E-state index in [1.807, 2.05) is 6.92 Å². The van der Waals surface area contributed by atoms with E-state index in [9.17, 15) is 14.9 Å². The fourth-order valence-corrected chi connectivity index (χ4v) is 1.45. The number of rotatable bonds is 7. The van der Waals surface area contributed by atoms with E-state index in [1.165, 1.54) is 6.07 Å². The molecule has 0 spiro atoms. The lowest BCUT2D eigenvalue weighted by Crippen LogP contribution is -2.33. The van der Waals surface area contributed by atoms with E-state index in [-0.39, 0.29) is 6.61 Å². The van der Waals surface area contributed by atoms with Gasteiger partial charge in [-0.1, -0.05) is 25.5 Å². The Kier molecular flexibility index (Phi) is 5.74. The van der Waals surface area contributed by atoms with Gasteiger partial charge in [0, 0.05) is 0 Å². The molecule has 7 nitrogen and oxygen atoms in total. The highest BCUT2D eigenvalue weighted by atomic mass is 16.9. The summed E-state index contributed by atoms with van der Waals surface area (Å²) >= 11 is 0. The van der Waals surface area contributed by atoms with Crippen LogP contribution in [0, 0.1) is 10.1 Å². The Labute approximate surface area is 110 Å². The SMILES string of the molecule is CCCC(N)C(=O)Oc1cccc(CO[N+](=O)[O-])c1. The lowest BCUT2D eigenvalue weighted by molar-refractivity contribution is -0.763. The van der Waals surface area contributed by atoms with Gasteiger partial charge < -0.3 is 15.3 Å². The fourth-order valence-electron chi connectivity index (χ4n) is 1.45. The molecule has 19 heavy (non-hydrogen) atoms. The maximum absolute atomic E-state index is 11.6. The molecule has 0 aliphatic heterocycles. The number of carbonyl (C=O) groups is 1. The Hall–Kier alpha value is -2.15. The van der Waals surface area contributed by atoms with Crippen LogP contribution in [0.1, 0.15) is 25.3 Å². The van der Waals surface area contributed by atoms with Crippen molar-refractivity contribution in [2.75, 3.05) is 0 Å². The van der Waals surface area contributed by atoms with Crippen LogP contribution in [0.5, 0.6) is 5.75 Å². The van der Waals surface area contributed by atoms with Crippen LogP contribution in [0.4, 0.5) is 0 Å². The molecule has 0 aliphatic rings. The van der Waals surface area contributed by atoms with Gasteiger partial charge in [0.05, 0.1) is 0 Å². The van der Waals surface area contributed by atoms with Gasteiger partial charge in [0.15, 0.2) is 0 Å². The fraction of sp³-hybridized carbons (Fsp3) is 0.417.